The number of nitrogens with one attached hydrogen (secondary N) is 2. The van der Waals surface area contributed by atoms with Gasteiger partial charge in [-0.05, 0) is 66.2 Å². The van der Waals surface area contributed by atoms with Gasteiger partial charge < -0.3 is 15.2 Å². The molecule has 1 saturated heterocycles. The zero-order valence-electron chi connectivity index (χ0n) is 16.0. The van der Waals surface area contributed by atoms with E-state index in [1.165, 1.54) is 6.07 Å². The fraction of sp³-hybridized carbons (Fsp3) is 0.364. The molecule has 1 atom stereocenters. The van der Waals surface area contributed by atoms with E-state index in [9.17, 15) is 9.59 Å². The normalized spacial score (nSPS) is 19.7. The van der Waals surface area contributed by atoms with Crippen molar-refractivity contribution in [2.75, 3.05) is 13.1 Å². The summed E-state index contributed by atoms with van der Waals surface area (Å²) >= 11 is 1.65. The van der Waals surface area contributed by atoms with E-state index in [4.69, 9.17) is 0 Å². The van der Waals surface area contributed by atoms with Crippen LogP contribution in [0.1, 0.15) is 35.2 Å². The number of carbonyl (C=O) groups excluding carboxylic acids is 1. The number of para-hydroxylation sites is 1. The third-order valence-electron chi connectivity index (χ3n) is 6.30. The van der Waals surface area contributed by atoms with Gasteiger partial charge in [0.1, 0.15) is 0 Å². The van der Waals surface area contributed by atoms with Crippen LogP contribution in [-0.2, 0) is 6.54 Å². The van der Waals surface area contributed by atoms with E-state index in [1.54, 1.807) is 11.3 Å². The zero-order chi connectivity index (χ0) is 19.1. The maximum absolute atomic E-state index is 13.7. The number of benzene rings is 1. The molecule has 2 N–H and O–H groups in total. The molecular weight excluding hydrogens is 406 g/mol. The fourth-order valence-electron chi connectivity index (χ4n) is 4.67. The quantitative estimate of drug-likeness (QED) is 0.663. The number of aromatic amines is 1. The van der Waals surface area contributed by atoms with Crippen molar-refractivity contribution in [1.29, 1.82) is 0 Å². The highest BCUT2D eigenvalue weighted by atomic mass is 35.5. The van der Waals surface area contributed by atoms with Gasteiger partial charge in [-0.25, -0.2) is 0 Å². The molecule has 1 aliphatic carbocycles. The summed E-state index contributed by atoms with van der Waals surface area (Å²) in [5, 5.41) is 8.39. The van der Waals surface area contributed by atoms with Gasteiger partial charge in [-0.2, -0.15) is 11.3 Å². The van der Waals surface area contributed by atoms with Gasteiger partial charge in [0.2, 0.25) is 5.56 Å². The number of fused-ring (bicyclic) bond motifs is 1. The molecule has 2 fully saturated rings. The highest BCUT2D eigenvalue weighted by Gasteiger charge is 2.57. The van der Waals surface area contributed by atoms with Crippen LogP contribution in [0, 0.1) is 5.41 Å². The first kappa shape index (κ1) is 20.1. The minimum Gasteiger partial charge on any atom is -0.331 e. The molecule has 1 spiro atoms. The summed E-state index contributed by atoms with van der Waals surface area (Å²) in [7, 11) is 0. The molecule has 7 heteroatoms. The van der Waals surface area contributed by atoms with E-state index < -0.39 is 0 Å². The van der Waals surface area contributed by atoms with Crippen LogP contribution >= 0.6 is 23.7 Å². The van der Waals surface area contributed by atoms with Crippen molar-refractivity contribution in [1.82, 2.24) is 15.2 Å². The number of hydrogen-bond donors (Lipinski definition) is 2. The number of thiophene rings is 1. The molecule has 5 nitrogen and oxygen atoms in total. The predicted octanol–water partition coefficient (Wildman–Crippen LogP) is 3.80. The summed E-state index contributed by atoms with van der Waals surface area (Å²) in [5.74, 6) is -0.0334. The summed E-state index contributed by atoms with van der Waals surface area (Å²) in [6.07, 6.45) is 3.29. The second-order valence-corrected chi connectivity index (χ2v) is 8.77. The molecule has 1 amide bonds. The molecular formula is C22H24ClN3O2S. The van der Waals surface area contributed by atoms with Crippen LogP contribution in [-0.4, -0.2) is 34.9 Å². The number of aromatic nitrogens is 1. The van der Waals surface area contributed by atoms with Gasteiger partial charge in [-0.1, -0.05) is 18.2 Å². The molecule has 3 aromatic rings. The molecule has 3 heterocycles. The van der Waals surface area contributed by atoms with E-state index in [-0.39, 0.29) is 35.3 Å². The molecule has 1 saturated carbocycles. The third kappa shape index (κ3) is 3.72. The largest absolute Gasteiger partial charge is 0.331 e. The second-order valence-electron chi connectivity index (χ2n) is 7.99. The lowest BCUT2D eigenvalue weighted by Gasteiger charge is -2.30. The van der Waals surface area contributed by atoms with Crippen LogP contribution in [0.3, 0.4) is 0 Å². The smallest absolute Gasteiger partial charge is 0.255 e. The first-order valence-corrected chi connectivity index (χ1v) is 10.8. The van der Waals surface area contributed by atoms with E-state index >= 15 is 0 Å². The lowest BCUT2D eigenvalue weighted by molar-refractivity contribution is 0.0694. The van der Waals surface area contributed by atoms with Crippen LogP contribution in [0.5, 0.6) is 0 Å². The van der Waals surface area contributed by atoms with Crippen LogP contribution in [0.25, 0.3) is 10.9 Å². The van der Waals surface area contributed by atoms with Crippen LogP contribution in [0.4, 0.5) is 0 Å². The Kier molecular flexibility index (Phi) is 5.51. The van der Waals surface area contributed by atoms with Crippen molar-refractivity contribution in [2.45, 2.75) is 31.8 Å². The Morgan fingerprint density at radius 3 is 2.76 bits per heavy atom. The van der Waals surface area contributed by atoms with Gasteiger partial charge >= 0.3 is 0 Å². The molecule has 0 bridgehead atoms. The Labute approximate surface area is 179 Å². The Bertz CT molecular complexity index is 1070. The van der Waals surface area contributed by atoms with Gasteiger partial charge in [0.25, 0.3) is 5.91 Å². The van der Waals surface area contributed by atoms with Crippen molar-refractivity contribution in [3.05, 3.63) is 68.6 Å². The molecule has 2 aromatic heterocycles. The monoisotopic (exact) mass is 429 g/mol. The Morgan fingerprint density at radius 1 is 1.21 bits per heavy atom. The average molecular weight is 430 g/mol. The maximum atomic E-state index is 13.7. The number of hydrogen-bond acceptors (Lipinski definition) is 4. The summed E-state index contributed by atoms with van der Waals surface area (Å²) in [4.78, 5) is 30.8. The van der Waals surface area contributed by atoms with E-state index in [0.29, 0.717) is 17.6 Å². The summed E-state index contributed by atoms with van der Waals surface area (Å²) in [5.41, 5.74) is 2.38. The SMILES string of the molecule is Cl.O=C(c1cc(=O)[nH]c2ccccc12)N(Cc1ccsc1)C1CC12CCNCC2. The molecule has 1 aliphatic heterocycles. The minimum absolute atomic E-state index is 0. The summed E-state index contributed by atoms with van der Waals surface area (Å²) in [6, 6.07) is 11.3. The summed E-state index contributed by atoms with van der Waals surface area (Å²) < 4.78 is 0. The highest BCUT2D eigenvalue weighted by molar-refractivity contribution is 7.07. The van der Waals surface area contributed by atoms with E-state index in [2.05, 4.69) is 21.7 Å². The van der Waals surface area contributed by atoms with Crippen molar-refractivity contribution in [3.63, 3.8) is 0 Å². The molecule has 2 aliphatic rings. The minimum atomic E-state index is -0.232. The Morgan fingerprint density at radius 2 is 2.00 bits per heavy atom. The molecule has 0 radical (unpaired) electrons. The lowest BCUT2D eigenvalue weighted by Crippen LogP contribution is -2.39. The number of carbonyl (C=O) groups is 1. The zero-order valence-corrected chi connectivity index (χ0v) is 17.7. The Balaban J connectivity index is 0.00000205. The van der Waals surface area contributed by atoms with Crippen LogP contribution < -0.4 is 10.9 Å². The number of amides is 1. The second kappa shape index (κ2) is 7.94. The average Bonchev–Trinajstić information content (AvgIpc) is 3.13. The van der Waals surface area contributed by atoms with E-state index in [0.717, 1.165) is 43.3 Å². The first-order chi connectivity index (χ1) is 13.7. The molecule has 29 heavy (non-hydrogen) atoms. The molecule has 1 unspecified atom stereocenters. The molecule has 152 valence electrons. The fourth-order valence-corrected chi connectivity index (χ4v) is 5.33. The standard InChI is InChI=1S/C22H23N3O2S.ClH/c26-20-11-17(16-3-1-2-4-18(16)24-20)21(27)25(13-15-5-10-28-14-15)19-12-22(19)6-8-23-9-7-22;/h1-5,10-11,14,19,23H,6-9,12-13H2,(H,24,26);1H. The van der Waals surface area contributed by atoms with E-state index in [1.807, 2.05) is 34.5 Å². The lowest BCUT2D eigenvalue weighted by atomic mass is 9.93. The predicted molar refractivity (Wildman–Crippen MR) is 119 cm³/mol. The van der Waals surface area contributed by atoms with Crippen molar-refractivity contribution >= 4 is 40.6 Å². The van der Waals surface area contributed by atoms with Gasteiger partial charge in [0.05, 0.1) is 5.56 Å². The maximum Gasteiger partial charge on any atom is 0.255 e. The Hall–Kier alpha value is -2.15. The number of piperidine rings is 1. The molecule has 1 aromatic carbocycles. The van der Waals surface area contributed by atoms with Crippen molar-refractivity contribution in [3.8, 4) is 0 Å². The van der Waals surface area contributed by atoms with Gasteiger partial charge in [0, 0.05) is 29.6 Å². The van der Waals surface area contributed by atoms with Crippen LogP contribution in [0.2, 0.25) is 0 Å². The van der Waals surface area contributed by atoms with Crippen molar-refractivity contribution < 1.29 is 4.79 Å². The number of H-pyrrole nitrogens is 1. The summed E-state index contributed by atoms with van der Waals surface area (Å²) in [6.45, 7) is 2.64. The number of rotatable bonds is 4. The van der Waals surface area contributed by atoms with Gasteiger partial charge in [-0.3, -0.25) is 9.59 Å². The molecule has 5 rings (SSSR count). The third-order valence-corrected chi connectivity index (χ3v) is 7.03. The number of nitrogens with zero attached hydrogens (tertiary/aromatic N) is 1. The van der Waals surface area contributed by atoms with Gasteiger partial charge in [-0.15, -0.1) is 12.4 Å². The van der Waals surface area contributed by atoms with Crippen molar-refractivity contribution in [2.24, 2.45) is 5.41 Å². The van der Waals surface area contributed by atoms with Gasteiger partial charge in [0.15, 0.2) is 0 Å². The number of halogens is 1. The number of pyridine rings is 1. The highest BCUT2D eigenvalue weighted by Crippen LogP contribution is 2.56. The van der Waals surface area contributed by atoms with Crippen LogP contribution in [0.15, 0.2) is 52.0 Å². The first-order valence-electron chi connectivity index (χ1n) is 9.81. The topological polar surface area (TPSA) is 65.2 Å².